The Kier molecular flexibility index (Phi) is 7.77. The summed E-state index contributed by atoms with van der Waals surface area (Å²) in [4.78, 5) is 2.49. The molecule has 0 aromatic carbocycles. The van der Waals surface area contributed by atoms with Crippen molar-refractivity contribution in [1.29, 1.82) is 0 Å². The minimum atomic E-state index is 0.415. The van der Waals surface area contributed by atoms with E-state index in [4.69, 9.17) is 9.47 Å². The zero-order chi connectivity index (χ0) is 12.5. The summed E-state index contributed by atoms with van der Waals surface area (Å²) in [5.74, 6) is 0. The van der Waals surface area contributed by atoms with Gasteiger partial charge in [0, 0.05) is 33.4 Å². The van der Waals surface area contributed by atoms with Crippen molar-refractivity contribution >= 4 is 0 Å². The Hall–Kier alpha value is -0.160. The molecular weight excluding hydrogens is 216 g/mol. The summed E-state index contributed by atoms with van der Waals surface area (Å²) in [6, 6.07) is 0.440. The molecule has 1 N–H and O–H groups in total. The van der Waals surface area contributed by atoms with Crippen LogP contribution >= 0.6 is 0 Å². The Labute approximate surface area is 106 Å². The van der Waals surface area contributed by atoms with Gasteiger partial charge in [-0.15, -0.1) is 0 Å². The lowest BCUT2D eigenvalue weighted by molar-refractivity contribution is 0.0237. The van der Waals surface area contributed by atoms with Crippen molar-refractivity contribution < 1.29 is 9.47 Å². The van der Waals surface area contributed by atoms with Crippen molar-refractivity contribution in [2.24, 2.45) is 0 Å². The topological polar surface area (TPSA) is 33.7 Å². The smallest absolute Gasteiger partial charge is 0.0698 e. The maximum atomic E-state index is 5.45. The van der Waals surface area contributed by atoms with Gasteiger partial charge in [0.2, 0.25) is 0 Å². The van der Waals surface area contributed by atoms with E-state index in [1.54, 1.807) is 7.11 Å². The van der Waals surface area contributed by atoms with Crippen LogP contribution in [0.2, 0.25) is 0 Å². The number of ether oxygens (including phenoxy) is 2. The fraction of sp³-hybridized carbons (Fsp3) is 1.00. The Morgan fingerprint density at radius 3 is 2.88 bits per heavy atom. The summed E-state index contributed by atoms with van der Waals surface area (Å²) in [5, 5.41) is 3.54. The van der Waals surface area contributed by atoms with E-state index in [1.807, 2.05) is 7.11 Å². The Balaban J connectivity index is 2.31. The summed E-state index contributed by atoms with van der Waals surface area (Å²) in [6.07, 6.45) is 4.02. The van der Waals surface area contributed by atoms with Crippen molar-refractivity contribution in [3.8, 4) is 0 Å². The third-order valence-corrected chi connectivity index (χ3v) is 3.33. The fourth-order valence-corrected chi connectivity index (χ4v) is 2.41. The fourth-order valence-electron chi connectivity index (χ4n) is 2.41. The van der Waals surface area contributed by atoms with Gasteiger partial charge in [0.05, 0.1) is 12.7 Å². The normalized spacial score (nSPS) is 23.8. The van der Waals surface area contributed by atoms with E-state index in [9.17, 15) is 0 Å². The molecule has 17 heavy (non-hydrogen) atoms. The highest BCUT2D eigenvalue weighted by molar-refractivity contribution is 4.78. The molecule has 0 spiro atoms. The average Bonchev–Trinajstić information content (AvgIpc) is 2.36. The van der Waals surface area contributed by atoms with Crippen LogP contribution in [0.4, 0.5) is 0 Å². The quantitative estimate of drug-likeness (QED) is 0.693. The van der Waals surface area contributed by atoms with Crippen LogP contribution in [0.3, 0.4) is 0 Å². The first-order valence-corrected chi connectivity index (χ1v) is 6.77. The van der Waals surface area contributed by atoms with Gasteiger partial charge in [0.15, 0.2) is 0 Å². The number of nitrogens with zero attached hydrogens (tertiary/aromatic N) is 1. The number of nitrogens with one attached hydrogen (secondary N) is 1. The molecule has 2 atom stereocenters. The highest BCUT2D eigenvalue weighted by Crippen LogP contribution is 2.12. The van der Waals surface area contributed by atoms with Crippen molar-refractivity contribution in [2.45, 2.75) is 38.3 Å². The first kappa shape index (κ1) is 14.9. The van der Waals surface area contributed by atoms with Crippen molar-refractivity contribution in [2.75, 3.05) is 47.0 Å². The van der Waals surface area contributed by atoms with Crippen LogP contribution in [0.25, 0.3) is 0 Å². The van der Waals surface area contributed by atoms with Crippen molar-refractivity contribution in [1.82, 2.24) is 10.2 Å². The number of rotatable bonds is 8. The predicted molar refractivity (Wildman–Crippen MR) is 70.4 cm³/mol. The molecule has 1 saturated heterocycles. The molecule has 0 aliphatic carbocycles. The van der Waals surface area contributed by atoms with Gasteiger partial charge in [-0.25, -0.2) is 0 Å². The average molecular weight is 244 g/mol. The molecule has 2 unspecified atom stereocenters. The Morgan fingerprint density at radius 2 is 2.24 bits per heavy atom. The molecule has 0 radical (unpaired) electrons. The summed E-state index contributed by atoms with van der Waals surface area (Å²) < 4.78 is 10.7. The summed E-state index contributed by atoms with van der Waals surface area (Å²) in [7, 11) is 3.59. The number of methoxy groups -OCH3 is 2. The number of hydrogen-bond donors (Lipinski definition) is 1. The van der Waals surface area contributed by atoms with Crippen LogP contribution in [-0.4, -0.2) is 64.1 Å². The van der Waals surface area contributed by atoms with E-state index in [1.165, 1.54) is 25.8 Å². The molecule has 1 aliphatic rings. The second kappa shape index (κ2) is 8.86. The SMILES string of the molecule is CCCNC(COC)CN1CCCC(OC)C1. The van der Waals surface area contributed by atoms with Crippen LogP contribution in [0.5, 0.6) is 0 Å². The molecule has 102 valence electrons. The number of hydrogen-bond acceptors (Lipinski definition) is 4. The van der Waals surface area contributed by atoms with Crippen LogP contribution in [0.15, 0.2) is 0 Å². The molecule has 1 heterocycles. The monoisotopic (exact) mass is 244 g/mol. The molecule has 0 aromatic heterocycles. The minimum Gasteiger partial charge on any atom is -0.383 e. The van der Waals surface area contributed by atoms with Gasteiger partial charge in [-0.1, -0.05) is 6.92 Å². The van der Waals surface area contributed by atoms with Crippen LogP contribution in [0.1, 0.15) is 26.2 Å². The van der Waals surface area contributed by atoms with Crippen LogP contribution in [-0.2, 0) is 9.47 Å². The van der Waals surface area contributed by atoms with E-state index in [-0.39, 0.29) is 0 Å². The van der Waals surface area contributed by atoms with Gasteiger partial charge < -0.3 is 14.8 Å². The highest BCUT2D eigenvalue weighted by Gasteiger charge is 2.21. The summed E-state index contributed by atoms with van der Waals surface area (Å²) in [5.41, 5.74) is 0. The molecule has 0 bridgehead atoms. The van der Waals surface area contributed by atoms with E-state index in [0.717, 1.165) is 26.2 Å². The third kappa shape index (κ3) is 5.82. The molecule has 4 heteroatoms. The van der Waals surface area contributed by atoms with Crippen LogP contribution in [0, 0.1) is 0 Å². The van der Waals surface area contributed by atoms with E-state index < -0.39 is 0 Å². The van der Waals surface area contributed by atoms with Gasteiger partial charge in [-0.2, -0.15) is 0 Å². The van der Waals surface area contributed by atoms with Crippen molar-refractivity contribution in [3.05, 3.63) is 0 Å². The maximum Gasteiger partial charge on any atom is 0.0698 e. The number of piperidine rings is 1. The van der Waals surface area contributed by atoms with E-state index in [2.05, 4.69) is 17.1 Å². The molecular formula is C13H28N2O2. The van der Waals surface area contributed by atoms with E-state index >= 15 is 0 Å². The lowest BCUT2D eigenvalue weighted by atomic mass is 10.1. The standard InChI is InChI=1S/C13H28N2O2/c1-4-7-14-12(11-16-2)9-15-8-5-6-13(10-15)17-3/h12-14H,4-11H2,1-3H3. The number of likely N-dealkylation sites (tertiary alicyclic amines) is 1. The predicted octanol–water partition coefficient (Wildman–Crippen LogP) is 1.11. The van der Waals surface area contributed by atoms with Crippen LogP contribution < -0.4 is 5.32 Å². The second-order valence-electron chi connectivity index (χ2n) is 4.87. The minimum absolute atomic E-state index is 0.415. The van der Waals surface area contributed by atoms with Gasteiger partial charge in [-0.05, 0) is 32.4 Å². The molecule has 4 nitrogen and oxygen atoms in total. The Bertz CT molecular complexity index is 188. The van der Waals surface area contributed by atoms with E-state index in [0.29, 0.717) is 12.1 Å². The summed E-state index contributed by atoms with van der Waals surface area (Å²) >= 11 is 0. The molecule has 0 aromatic rings. The Morgan fingerprint density at radius 1 is 1.41 bits per heavy atom. The lowest BCUT2D eigenvalue weighted by Crippen LogP contribution is -2.48. The van der Waals surface area contributed by atoms with Gasteiger partial charge in [0.25, 0.3) is 0 Å². The first-order valence-electron chi connectivity index (χ1n) is 6.77. The lowest BCUT2D eigenvalue weighted by Gasteiger charge is -2.34. The van der Waals surface area contributed by atoms with Gasteiger partial charge in [-0.3, -0.25) is 4.90 Å². The zero-order valence-corrected chi connectivity index (χ0v) is 11.6. The van der Waals surface area contributed by atoms with Gasteiger partial charge in [0.1, 0.15) is 0 Å². The summed E-state index contributed by atoms with van der Waals surface area (Å²) in [6.45, 7) is 7.36. The third-order valence-electron chi connectivity index (χ3n) is 3.33. The molecule has 0 amide bonds. The molecule has 1 fully saturated rings. The largest absolute Gasteiger partial charge is 0.383 e. The first-order chi connectivity index (χ1) is 8.30. The zero-order valence-electron chi connectivity index (χ0n) is 11.6. The van der Waals surface area contributed by atoms with Crippen molar-refractivity contribution in [3.63, 3.8) is 0 Å². The molecule has 1 aliphatic heterocycles. The highest BCUT2D eigenvalue weighted by atomic mass is 16.5. The molecule has 0 saturated carbocycles. The second-order valence-corrected chi connectivity index (χ2v) is 4.87. The maximum absolute atomic E-state index is 5.45. The van der Waals surface area contributed by atoms with Gasteiger partial charge >= 0.3 is 0 Å². The molecule has 1 rings (SSSR count).